The molecule has 4 aromatic rings. The highest BCUT2D eigenvalue weighted by atomic mass is 19.1. The van der Waals surface area contributed by atoms with Gasteiger partial charge in [0.1, 0.15) is 51.8 Å². The van der Waals surface area contributed by atoms with Gasteiger partial charge in [-0.25, -0.2) is 18.8 Å². The first-order valence-electron chi connectivity index (χ1n) is 13.1. The van der Waals surface area contributed by atoms with Crippen LogP contribution in [-0.4, -0.2) is 50.6 Å². The zero-order valence-electron chi connectivity index (χ0n) is 22.9. The Kier molecular flexibility index (Phi) is 10.1. The van der Waals surface area contributed by atoms with Crippen LogP contribution in [0.5, 0.6) is 28.7 Å². The van der Waals surface area contributed by atoms with Crippen molar-refractivity contribution in [2.45, 2.75) is 18.6 Å². The fraction of sp³-hybridized carbons (Fsp3) is 0.0938. The van der Waals surface area contributed by atoms with Crippen LogP contribution in [0.3, 0.4) is 0 Å². The highest BCUT2D eigenvalue weighted by Crippen LogP contribution is 2.28. The molecule has 5 N–H and O–H groups in total. The van der Waals surface area contributed by atoms with Gasteiger partial charge in [-0.15, -0.1) is 0 Å². The first kappa shape index (κ1) is 31.1. The highest BCUT2D eigenvalue weighted by Gasteiger charge is 2.27. The van der Waals surface area contributed by atoms with Crippen LogP contribution in [0, 0.1) is 5.82 Å². The van der Waals surface area contributed by atoms with Crippen LogP contribution in [0.2, 0.25) is 0 Å². The van der Waals surface area contributed by atoms with E-state index in [1.807, 2.05) is 0 Å². The topological polar surface area (TPSA) is 169 Å². The molecule has 0 saturated carbocycles. The Bertz CT molecular complexity index is 1660. The van der Waals surface area contributed by atoms with Crippen LogP contribution in [-0.2, 0) is 0 Å². The molecule has 0 spiro atoms. The molecule has 1 aliphatic rings. The van der Waals surface area contributed by atoms with Gasteiger partial charge in [-0.05, 0) is 66.7 Å². The largest absolute Gasteiger partial charge is 0.507 e. The predicted molar refractivity (Wildman–Crippen MR) is 155 cm³/mol. The number of carbonyl (C=O) groups is 3. The van der Waals surface area contributed by atoms with Crippen LogP contribution in [0.15, 0.2) is 109 Å². The maximum Gasteiger partial charge on any atom is 0.347 e. The van der Waals surface area contributed by atoms with E-state index in [9.17, 15) is 29.1 Å². The summed E-state index contributed by atoms with van der Waals surface area (Å²) < 4.78 is 29.4. The molecule has 44 heavy (non-hydrogen) atoms. The smallest absolute Gasteiger partial charge is 0.347 e. The number of ether oxygens (including phenoxy) is 3. The molecule has 0 aliphatic heterocycles. The van der Waals surface area contributed by atoms with Gasteiger partial charge in [0.2, 0.25) is 0 Å². The number of para-hydroxylation sites is 2. The summed E-state index contributed by atoms with van der Waals surface area (Å²) in [6.45, 7) is 0. The Labute approximate surface area is 250 Å². The number of carbonyl (C=O) groups excluding carboxylic acids is 2. The number of aromatic hydroxyl groups is 1. The van der Waals surface area contributed by atoms with Gasteiger partial charge in [0.05, 0.1) is 6.04 Å². The Balaban J connectivity index is 0.000000209. The fourth-order valence-corrected chi connectivity index (χ4v) is 4.04. The lowest BCUT2D eigenvalue weighted by molar-refractivity contribution is -0.0645. The molecule has 0 radical (unpaired) electrons. The zero-order chi connectivity index (χ0) is 31.6. The number of benzene rings is 4. The van der Waals surface area contributed by atoms with E-state index in [1.165, 1.54) is 54.6 Å². The molecule has 0 fully saturated rings. The van der Waals surface area contributed by atoms with Crippen molar-refractivity contribution in [3.63, 3.8) is 0 Å². The van der Waals surface area contributed by atoms with E-state index in [2.05, 4.69) is 0 Å². The second-order valence-electron chi connectivity index (χ2n) is 9.27. The number of hydroxylamine groups is 2. The number of amides is 2. The average molecular weight is 603 g/mol. The van der Waals surface area contributed by atoms with Crippen molar-refractivity contribution < 1.29 is 48.4 Å². The summed E-state index contributed by atoms with van der Waals surface area (Å²) in [5.74, 6) is -1.00. The minimum atomic E-state index is -1.19. The van der Waals surface area contributed by atoms with Crippen molar-refractivity contribution in [2.24, 2.45) is 5.73 Å². The van der Waals surface area contributed by atoms with Crippen molar-refractivity contribution >= 4 is 18.0 Å². The van der Waals surface area contributed by atoms with Crippen LogP contribution in [0.1, 0.15) is 27.1 Å². The van der Waals surface area contributed by atoms with Crippen molar-refractivity contribution in [1.29, 1.82) is 0 Å². The lowest BCUT2D eigenvalue weighted by atomic mass is 10.2. The van der Waals surface area contributed by atoms with Gasteiger partial charge in [0, 0.05) is 12.5 Å². The standard InChI is InChI=1S/C18H17FN2O4.C14H10O5/c19-12-4-7-14(8-5-12)24-15-2-1-3-16(11-15)25-17-9-6-13(10-17)21(23)18(20)22;15-11-7-3-1-5-9(11)14(18)19-12-8-4-2-6-10(12)13(16)17/h1-9,11,13,17,23H,10H2,(H2,20,22);1-8,15H,(H,16,17). The molecular weight excluding hydrogens is 575 g/mol. The first-order valence-corrected chi connectivity index (χ1v) is 13.1. The van der Waals surface area contributed by atoms with Crippen molar-refractivity contribution in [1.82, 2.24) is 5.06 Å². The van der Waals surface area contributed by atoms with Gasteiger partial charge in [-0.2, -0.15) is 5.06 Å². The molecule has 2 amide bonds. The van der Waals surface area contributed by atoms with E-state index < -0.39 is 24.0 Å². The Hall–Kier alpha value is -5.88. The quantitative estimate of drug-likeness (QED) is 0.0643. The van der Waals surface area contributed by atoms with Gasteiger partial charge in [-0.1, -0.05) is 36.4 Å². The summed E-state index contributed by atoms with van der Waals surface area (Å²) in [6.07, 6.45) is 3.50. The summed E-state index contributed by atoms with van der Waals surface area (Å²) in [6, 6.07) is 22.9. The lowest BCUT2D eigenvalue weighted by Crippen LogP contribution is -2.40. The minimum absolute atomic E-state index is 0.0253. The van der Waals surface area contributed by atoms with Gasteiger partial charge in [0.25, 0.3) is 0 Å². The van der Waals surface area contributed by atoms with E-state index in [0.717, 1.165) is 0 Å². The summed E-state index contributed by atoms with van der Waals surface area (Å²) in [4.78, 5) is 33.8. The number of esters is 1. The normalized spacial score (nSPS) is 15.0. The van der Waals surface area contributed by atoms with Crippen LogP contribution >= 0.6 is 0 Å². The molecule has 0 bridgehead atoms. The van der Waals surface area contributed by atoms with E-state index in [4.69, 9.17) is 25.1 Å². The first-order chi connectivity index (χ1) is 21.1. The van der Waals surface area contributed by atoms with Gasteiger partial charge >= 0.3 is 18.0 Å². The molecule has 226 valence electrons. The Morgan fingerprint density at radius 3 is 2.16 bits per heavy atom. The number of urea groups is 1. The number of halogens is 1. The molecule has 0 heterocycles. The van der Waals surface area contributed by atoms with Gasteiger partial charge in [-0.3, -0.25) is 5.21 Å². The number of nitrogens with two attached hydrogens (primary N) is 1. The number of phenols is 1. The number of rotatable bonds is 8. The number of nitrogens with zero attached hydrogens (tertiary/aromatic N) is 1. The SMILES string of the molecule is NC(=O)N(O)C1C=CC(Oc2cccc(Oc3ccc(F)cc3)c2)C1.O=C(Oc1ccccc1C(=O)O)c1ccccc1O. The number of hydrogen-bond acceptors (Lipinski definition) is 8. The maximum atomic E-state index is 12.9. The summed E-state index contributed by atoms with van der Waals surface area (Å²) in [7, 11) is 0. The second kappa shape index (κ2) is 14.3. The number of hydrogen-bond donors (Lipinski definition) is 4. The Morgan fingerprint density at radius 2 is 1.48 bits per heavy atom. The van der Waals surface area contributed by atoms with E-state index >= 15 is 0 Å². The molecule has 1 aliphatic carbocycles. The molecule has 5 rings (SSSR count). The highest BCUT2D eigenvalue weighted by molar-refractivity contribution is 5.96. The molecule has 2 unspecified atom stereocenters. The van der Waals surface area contributed by atoms with Crippen molar-refractivity contribution in [3.8, 4) is 28.7 Å². The number of carboxylic acids is 1. The number of aromatic carboxylic acids is 1. The fourth-order valence-electron chi connectivity index (χ4n) is 4.04. The lowest BCUT2D eigenvalue weighted by Gasteiger charge is -2.20. The second-order valence-corrected chi connectivity index (χ2v) is 9.27. The molecule has 4 aromatic carbocycles. The summed E-state index contributed by atoms with van der Waals surface area (Å²) in [5.41, 5.74) is 4.89. The van der Waals surface area contributed by atoms with E-state index in [1.54, 1.807) is 54.6 Å². The molecule has 0 saturated heterocycles. The Morgan fingerprint density at radius 1 is 0.818 bits per heavy atom. The van der Waals surface area contributed by atoms with Gasteiger partial charge < -0.3 is 30.2 Å². The minimum Gasteiger partial charge on any atom is -0.507 e. The monoisotopic (exact) mass is 602 g/mol. The van der Waals surface area contributed by atoms with Crippen LogP contribution in [0.25, 0.3) is 0 Å². The molecule has 2 atom stereocenters. The van der Waals surface area contributed by atoms with Crippen molar-refractivity contribution in [2.75, 3.05) is 0 Å². The van der Waals surface area contributed by atoms with Crippen molar-refractivity contribution in [3.05, 3.63) is 126 Å². The van der Waals surface area contributed by atoms with Crippen LogP contribution in [0.4, 0.5) is 9.18 Å². The molecule has 12 heteroatoms. The summed E-state index contributed by atoms with van der Waals surface area (Å²) >= 11 is 0. The molecule has 11 nitrogen and oxygen atoms in total. The third-order valence-electron chi connectivity index (χ3n) is 6.15. The van der Waals surface area contributed by atoms with E-state index in [0.29, 0.717) is 28.7 Å². The third kappa shape index (κ3) is 8.33. The maximum absolute atomic E-state index is 12.9. The van der Waals surface area contributed by atoms with Crippen LogP contribution < -0.4 is 19.9 Å². The zero-order valence-corrected chi connectivity index (χ0v) is 22.9. The van der Waals surface area contributed by atoms with Gasteiger partial charge in [0.15, 0.2) is 0 Å². The molecule has 0 aromatic heterocycles. The summed E-state index contributed by atoms with van der Waals surface area (Å²) in [5, 5.41) is 28.5. The number of carboxylic acid groups (broad SMARTS) is 1. The number of primary amides is 1. The third-order valence-corrected chi connectivity index (χ3v) is 6.15. The van der Waals surface area contributed by atoms with E-state index in [-0.39, 0.29) is 34.5 Å². The molecular formula is C32H27FN2O9. The average Bonchev–Trinajstić information content (AvgIpc) is 3.47. The number of phenolic OH excluding ortho intramolecular Hbond substituents is 1. The predicted octanol–water partition coefficient (Wildman–Crippen LogP) is 5.77.